The van der Waals surface area contributed by atoms with E-state index >= 15 is 0 Å². The Kier molecular flexibility index (Phi) is 4.64. The number of rotatable bonds is 4. The van der Waals surface area contributed by atoms with Gasteiger partial charge in [0.05, 0.1) is 13.2 Å². The minimum absolute atomic E-state index is 0.0715. The van der Waals surface area contributed by atoms with Crippen LogP contribution in [0.25, 0.3) is 0 Å². The van der Waals surface area contributed by atoms with Crippen LogP contribution in [0.15, 0.2) is 30.3 Å². The van der Waals surface area contributed by atoms with Crippen LogP contribution in [0.4, 0.5) is 13.2 Å². The summed E-state index contributed by atoms with van der Waals surface area (Å²) in [5, 5.41) is 18.3. The highest BCUT2D eigenvalue weighted by molar-refractivity contribution is 5.13. The molecule has 1 aliphatic heterocycles. The average Bonchev–Trinajstić information content (AvgIpc) is 2.44. The molecule has 1 aromatic rings. The molecule has 1 fully saturated rings. The summed E-state index contributed by atoms with van der Waals surface area (Å²) in [6.07, 6.45) is -9.15. The topological polar surface area (TPSA) is 58.9 Å². The van der Waals surface area contributed by atoms with Gasteiger partial charge >= 0.3 is 5.92 Å². The Morgan fingerprint density at radius 1 is 1.20 bits per heavy atom. The summed E-state index contributed by atoms with van der Waals surface area (Å²) in [5.41, 5.74) is 0.774. The van der Waals surface area contributed by atoms with Crippen molar-refractivity contribution in [2.45, 2.75) is 37.2 Å². The van der Waals surface area contributed by atoms with Gasteiger partial charge in [-0.15, -0.1) is 0 Å². The zero-order valence-corrected chi connectivity index (χ0v) is 10.5. The summed E-state index contributed by atoms with van der Waals surface area (Å²) in [5.74, 6) is -3.82. The molecular weight excluding hydrogens is 277 g/mol. The lowest BCUT2D eigenvalue weighted by Crippen LogP contribution is -2.61. The number of ether oxygens (including phenoxy) is 2. The van der Waals surface area contributed by atoms with Crippen LogP contribution in [0.5, 0.6) is 0 Å². The second-order valence-electron chi connectivity index (χ2n) is 4.58. The fourth-order valence-electron chi connectivity index (χ4n) is 1.90. The van der Waals surface area contributed by atoms with E-state index in [0.29, 0.717) is 0 Å². The van der Waals surface area contributed by atoms with Gasteiger partial charge < -0.3 is 19.7 Å². The Morgan fingerprint density at radius 3 is 2.50 bits per heavy atom. The van der Waals surface area contributed by atoms with Gasteiger partial charge in [-0.25, -0.2) is 13.2 Å². The van der Waals surface area contributed by atoms with E-state index in [1.165, 1.54) is 0 Å². The Bertz CT molecular complexity index is 429. The molecule has 2 rings (SSSR count). The van der Waals surface area contributed by atoms with Gasteiger partial charge in [0.25, 0.3) is 0 Å². The van der Waals surface area contributed by atoms with E-state index in [1.807, 2.05) is 0 Å². The maximum atomic E-state index is 13.6. The highest BCUT2D eigenvalue weighted by Crippen LogP contribution is 2.35. The van der Waals surface area contributed by atoms with Gasteiger partial charge in [0, 0.05) is 0 Å². The van der Waals surface area contributed by atoms with Gasteiger partial charge in [-0.2, -0.15) is 0 Å². The second kappa shape index (κ2) is 6.09. The van der Waals surface area contributed by atoms with Gasteiger partial charge in [-0.1, -0.05) is 30.3 Å². The fraction of sp³-hybridized carbons (Fsp3) is 0.538. The third-order valence-corrected chi connectivity index (χ3v) is 3.08. The van der Waals surface area contributed by atoms with Crippen LogP contribution in [0.1, 0.15) is 5.56 Å². The van der Waals surface area contributed by atoms with Crippen LogP contribution in [-0.4, -0.2) is 47.4 Å². The Morgan fingerprint density at radius 2 is 1.85 bits per heavy atom. The van der Waals surface area contributed by atoms with Crippen molar-refractivity contribution in [1.82, 2.24) is 0 Å². The molecule has 4 atom stereocenters. The molecule has 0 radical (unpaired) electrons. The molecule has 2 N–H and O–H groups in total. The fourth-order valence-corrected chi connectivity index (χ4v) is 1.90. The van der Waals surface area contributed by atoms with Gasteiger partial charge in [0.15, 0.2) is 24.7 Å². The van der Waals surface area contributed by atoms with Gasteiger partial charge in [-0.05, 0) is 5.56 Å². The summed E-state index contributed by atoms with van der Waals surface area (Å²) >= 11 is 0. The second-order valence-corrected chi connectivity index (χ2v) is 4.58. The predicted molar refractivity (Wildman–Crippen MR) is 62.8 cm³/mol. The smallest absolute Gasteiger partial charge is 0.304 e. The number of alkyl halides is 3. The summed E-state index contributed by atoms with van der Waals surface area (Å²) in [7, 11) is 0. The molecule has 0 spiro atoms. The van der Waals surface area contributed by atoms with E-state index in [9.17, 15) is 13.2 Å². The van der Waals surface area contributed by atoms with E-state index in [0.717, 1.165) is 5.56 Å². The zero-order valence-electron chi connectivity index (χ0n) is 10.5. The van der Waals surface area contributed by atoms with Crippen LogP contribution in [0.3, 0.4) is 0 Å². The van der Waals surface area contributed by atoms with Crippen molar-refractivity contribution < 1.29 is 32.9 Å². The Labute approximate surface area is 113 Å². The molecule has 0 aromatic heterocycles. The van der Waals surface area contributed by atoms with E-state index in [1.54, 1.807) is 30.3 Å². The lowest BCUT2D eigenvalue weighted by molar-refractivity contribution is -0.325. The molecule has 112 valence electrons. The maximum absolute atomic E-state index is 13.6. The summed E-state index contributed by atoms with van der Waals surface area (Å²) in [6.45, 7) is -0.495. The van der Waals surface area contributed by atoms with Crippen LogP contribution >= 0.6 is 0 Å². The van der Waals surface area contributed by atoms with Crippen molar-refractivity contribution in [3.8, 4) is 0 Å². The average molecular weight is 292 g/mol. The van der Waals surface area contributed by atoms with E-state index in [-0.39, 0.29) is 6.61 Å². The quantitative estimate of drug-likeness (QED) is 0.877. The van der Waals surface area contributed by atoms with E-state index < -0.39 is 37.2 Å². The molecule has 0 unspecified atom stereocenters. The van der Waals surface area contributed by atoms with Gasteiger partial charge in [0.2, 0.25) is 0 Å². The highest BCUT2D eigenvalue weighted by atomic mass is 19.3. The van der Waals surface area contributed by atoms with Crippen LogP contribution in [0.2, 0.25) is 0 Å². The predicted octanol–water partition coefficient (Wildman–Crippen LogP) is 1.25. The molecular formula is C13H15F3O4. The van der Waals surface area contributed by atoms with Crippen LogP contribution < -0.4 is 0 Å². The Balaban J connectivity index is 1.91. The van der Waals surface area contributed by atoms with E-state index in [2.05, 4.69) is 4.74 Å². The summed E-state index contributed by atoms with van der Waals surface area (Å²) in [6, 6.07) is 8.84. The third kappa shape index (κ3) is 3.12. The molecule has 7 heteroatoms. The largest absolute Gasteiger partial charge is 0.383 e. The SMILES string of the molecule is O[C@@H]1[C@@H](F)[C@@H](O)O[C@H](COCc2ccccc2)C1(F)F. The molecule has 1 aliphatic rings. The number of aliphatic hydroxyl groups is 2. The molecule has 1 aromatic carbocycles. The molecule has 0 aliphatic carbocycles. The first-order valence-corrected chi connectivity index (χ1v) is 6.08. The van der Waals surface area contributed by atoms with Crippen LogP contribution in [0, 0.1) is 0 Å². The molecule has 1 saturated heterocycles. The van der Waals surface area contributed by atoms with Crippen molar-refractivity contribution >= 4 is 0 Å². The number of aliphatic hydroxyl groups excluding tert-OH is 2. The van der Waals surface area contributed by atoms with Crippen molar-refractivity contribution in [1.29, 1.82) is 0 Å². The van der Waals surface area contributed by atoms with E-state index in [4.69, 9.17) is 14.9 Å². The molecule has 0 amide bonds. The Hall–Kier alpha value is -1.15. The van der Waals surface area contributed by atoms with Crippen molar-refractivity contribution in [3.05, 3.63) is 35.9 Å². The lowest BCUT2D eigenvalue weighted by Gasteiger charge is -2.39. The number of halogens is 3. The first kappa shape index (κ1) is 15.2. The van der Waals surface area contributed by atoms with Crippen molar-refractivity contribution in [3.63, 3.8) is 0 Å². The number of benzene rings is 1. The maximum Gasteiger partial charge on any atom is 0.304 e. The first-order valence-electron chi connectivity index (χ1n) is 6.08. The molecule has 1 heterocycles. The molecule has 20 heavy (non-hydrogen) atoms. The summed E-state index contributed by atoms with van der Waals surface area (Å²) in [4.78, 5) is 0. The third-order valence-electron chi connectivity index (χ3n) is 3.08. The van der Waals surface area contributed by atoms with Gasteiger partial charge in [-0.3, -0.25) is 0 Å². The highest BCUT2D eigenvalue weighted by Gasteiger charge is 2.58. The monoisotopic (exact) mass is 292 g/mol. The minimum Gasteiger partial charge on any atom is -0.383 e. The molecule has 0 bridgehead atoms. The van der Waals surface area contributed by atoms with Crippen molar-refractivity contribution in [2.24, 2.45) is 0 Å². The lowest BCUT2D eigenvalue weighted by atomic mass is 9.99. The zero-order chi connectivity index (χ0) is 14.8. The van der Waals surface area contributed by atoms with Crippen molar-refractivity contribution in [2.75, 3.05) is 6.61 Å². The minimum atomic E-state index is -3.82. The molecule has 4 nitrogen and oxygen atoms in total. The number of hydrogen-bond acceptors (Lipinski definition) is 4. The van der Waals surface area contributed by atoms with Crippen LogP contribution in [-0.2, 0) is 16.1 Å². The normalized spacial score (nSPS) is 33.0. The first-order chi connectivity index (χ1) is 9.43. The van der Waals surface area contributed by atoms with Gasteiger partial charge in [0.1, 0.15) is 0 Å². The number of hydrogen-bond donors (Lipinski definition) is 2. The molecule has 0 saturated carbocycles. The standard InChI is InChI=1S/C13H15F3O4/c14-10-11(17)13(15,16)9(20-12(10)18)7-19-6-8-4-2-1-3-5-8/h1-5,9-12,17-18H,6-7H2/t9-,10-,11-,12+/m1/s1. The summed E-state index contributed by atoms with van der Waals surface area (Å²) < 4.78 is 49.8.